The van der Waals surface area contributed by atoms with Gasteiger partial charge < -0.3 is 15.5 Å². The minimum atomic E-state index is -0.252. The summed E-state index contributed by atoms with van der Waals surface area (Å²) in [7, 11) is 5.06. The number of nitrogens with one attached hydrogen (secondary N) is 2. The third kappa shape index (κ3) is 7.26. The Morgan fingerprint density at radius 2 is 1.95 bits per heavy atom. The van der Waals surface area contributed by atoms with Gasteiger partial charge >= 0.3 is 0 Å². The van der Waals surface area contributed by atoms with E-state index in [-0.39, 0.29) is 35.7 Å². The zero-order valence-corrected chi connectivity index (χ0v) is 14.8. The predicted molar refractivity (Wildman–Crippen MR) is 93.3 cm³/mol. The Morgan fingerprint density at radius 3 is 2.52 bits per heavy atom. The number of aliphatic imine (C=N–C) groups is 1. The van der Waals surface area contributed by atoms with Gasteiger partial charge in [0, 0.05) is 46.2 Å². The highest BCUT2D eigenvalue weighted by atomic mass is 127. The van der Waals surface area contributed by atoms with Gasteiger partial charge in [-0.25, -0.2) is 4.39 Å². The molecular formula is C14H22FIN4O. The van der Waals surface area contributed by atoms with E-state index in [1.54, 1.807) is 39.3 Å². The Kier molecular flexibility index (Phi) is 9.68. The van der Waals surface area contributed by atoms with E-state index in [1.807, 2.05) is 0 Å². The Bertz CT molecular complexity index is 480. The Labute approximate surface area is 142 Å². The van der Waals surface area contributed by atoms with Gasteiger partial charge in [-0.1, -0.05) is 18.2 Å². The zero-order valence-electron chi connectivity index (χ0n) is 12.5. The van der Waals surface area contributed by atoms with Gasteiger partial charge in [0.05, 0.1) is 0 Å². The van der Waals surface area contributed by atoms with Crippen LogP contribution in [0.5, 0.6) is 0 Å². The van der Waals surface area contributed by atoms with Gasteiger partial charge in [-0.3, -0.25) is 9.79 Å². The molecule has 7 heteroatoms. The first-order valence-electron chi connectivity index (χ1n) is 6.42. The molecule has 0 aliphatic rings. The maximum atomic E-state index is 13.4. The first-order chi connectivity index (χ1) is 9.54. The number of nitrogens with zero attached hydrogens (tertiary/aromatic N) is 2. The highest BCUT2D eigenvalue weighted by Crippen LogP contribution is 2.05. The third-order valence-corrected chi connectivity index (χ3v) is 2.76. The van der Waals surface area contributed by atoms with E-state index in [9.17, 15) is 9.18 Å². The molecule has 0 aliphatic heterocycles. The molecule has 0 unspecified atom stereocenters. The van der Waals surface area contributed by atoms with Crippen molar-refractivity contribution in [2.75, 3.05) is 27.7 Å². The van der Waals surface area contributed by atoms with Crippen LogP contribution < -0.4 is 10.6 Å². The van der Waals surface area contributed by atoms with Crippen molar-refractivity contribution in [2.45, 2.75) is 13.0 Å². The second-order valence-electron chi connectivity index (χ2n) is 4.48. The Hall–Kier alpha value is -1.38. The van der Waals surface area contributed by atoms with Crippen molar-refractivity contribution < 1.29 is 9.18 Å². The lowest BCUT2D eigenvalue weighted by molar-refractivity contribution is -0.128. The molecule has 0 spiro atoms. The van der Waals surface area contributed by atoms with Crippen LogP contribution in [0.3, 0.4) is 0 Å². The fraction of sp³-hybridized carbons (Fsp3) is 0.429. The van der Waals surface area contributed by atoms with E-state index in [1.165, 1.54) is 11.0 Å². The Balaban J connectivity index is 0.00000400. The topological polar surface area (TPSA) is 56.7 Å². The first-order valence-corrected chi connectivity index (χ1v) is 6.42. The van der Waals surface area contributed by atoms with Gasteiger partial charge in [-0.15, -0.1) is 24.0 Å². The summed E-state index contributed by atoms with van der Waals surface area (Å²) in [6.45, 7) is 0.821. The van der Waals surface area contributed by atoms with Gasteiger partial charge in [0.25, 0.3) is 0 Å². The molecule has 118 valence electrons. The largest absolute Gasteiger partial charge is 0.356 e. The number of hydrogen-bond donors (Lipinski definition) is 2. The molecule has 0 bridgehead atoms. The van der Waals surface area contributed by atoms with E-state index < -0.39 is 0 Å². The molecule has 1 aromatic carbocycles. The van der Waals surface area contributed by atoms with Crippen molar-refractivity contribution >= 4 is 35.8 Å². The number of carbonyl (C=O) groups excluding carboxylic acids is 1. The predicted octanol–water partition coefficient (Wildman–Crippen LogP) is 1.59. The monoisotopic (exact) mass is 408 g/mol. The molecule has 1 aromatic rings. The van der Waals surface area contributed by atoms with Gasteiger partial charge in [-0.05, 0) is 6.07 Å². The molecule has 0 aliphatic carbocycles. The summed E-state index contributed by atoms with van der Waals surface area (Å²) in [6, 6.07) is 6.57. The van der Waals surface area contributed by atoms with Gasteiger partial charge in [0.15, 0.2) is 5.96 Å². The van der Waals surface area contributed by atoms with Crippen molar-refractivity contribution in [1.82, 2.24) is 15.5 Å². The molecular weight excluding hydrogens is 386 g/mol. The number of carbonyl (C=O) groups is 1. The molecule has 0 heterocycles. The molecule has 0 radical (unpaired) electrons. The maximum absolute atomic E-state index is 13.4. The molecule has 1 rings (SSSR count). The fourth-order valence-corrected chi connectivity index (χ4v) is 1.55. The van der Waals surface area contributed by atoms with Crippen LogP contribution in [0.15, 0.2) is 29.3 Å². The number of hydrogen-bond acceptors (Lipinski definition) is 2. The summed E-state index contributed by atoms with van der Waals surface area (Å²) in [5.74, 6) is 0.333. The average molecular weight is 408 g/mol. The lowest BCUT2D eigenvalue weighted by Crippen LogP contribution is -2.38. The van der Waals surface area contributed by atoms with Gasteiger partial charge in [0.1, 0.15) is 5.82 Å². The number of benzene rings is 1. The van der Waals surface area contributed by atoms with E-state index in [2.05, 4.69) is 15.6 Å². The SMILES string of the molecule is CN=C(NCCC(=O)N(C)C)NCc1ccccc1F.I. The second kappa shape index (κ2) is 10.4. The third-order valence-electron chi connectivity index (χ3n) is 2.76. The van der Waals surface area contributed by atoms with Crippen molar-refractivity contribution in [3.05, 3.63) is 35.6 Å². The summed E-state index contributed by atoms with van der Waals surface area (Å²) in [5, 5.41) is 6.02. The summed E-state index contributed by atoms with van der Waals surface area (Å²) >= 11 is 0. The van der Waals surface area contributed by atoms with Crippen LogP contribution in [0.25, 0.3) is 0 Å². The van der Waals surface area contributed by atoms with Gasteiger partial charge in [-0.2, -0.15) is 0 Å². The summed E-state index contributed by atoms with van der Waals surface area (Å²) in [6.07, 6.45) is 0.382. The van der Waals surface area contributed by atoms with Crippen molar-refractivity contribution in [1.29, 1.82) is 0 Å². The normalized spacial score (nSPS) is 10.6. The van der Waals surface area contributed by atoms with Crippen LogP contribution in [0.4, 0.5) is 4.39 Å². The van der Waals surface area contributed by atoms with Crippen LogP contribution in [0.2, 0.25) is 0 Å². The summed E-state index contributed by atoms with van der Waals surface area (Å²) < 4.78 is 13.4. The molecule has 5 nitrogen and oxygen atoms in total. The minimum Gasteiger partial charge on any atom is -0.356 e. The molecule has 0 saturated carbocycles. The number of halogens is 2. The number of guanidine groups is 1. The molecule has 0 atom stereocenters. The fourth-order valence-electron chi connectivity index (χ4n) is 1.55. The van der Waals surface area contributed by atoms with E-state index in [0.29, 0.717) is 31.0 Å². The molecule has 0 aromatic heterocycles. The highest BCUT2D eigenvalue weighted by molar-refractivity contribution is 14.0. The molecule has 21 heavy (non-hydrogen) atoms. The molecule has 1 amide bonds. The highest BCUT2D eigenvalue weighted by Gasteiger charge is 2.05. The first kappa shape index (κ1) is 19.6. The van der Waals surface area contributed by atoms with Crippen molar-refractivity contribution in [3.8, 4) is 0 Å². The van der Waals surface area contributed by atoms with E-state index in [0.717, 1.165) is 0 Å². The lowest BCUT2D eigenvalue weighted by atomic mass is 10.2. The van der Waals surface area contributed by atoms with Gasteiger partial charge in [0.2, 0.25) is 5.91 Å². The van der Waals surface area contributed by atoms with Crippen LogP contribution in [0.1, 0.15) is 12.0 Å². The lowest BCUT2D eigenvalue weighted by Gasteiger charge is -2.14. The summed E-state index contributed by atoms with van der Waals surface area (Å²) in [5.41, 5.74) is 0.569. The van der Waals surface area contributed by atoms with Crippen LogP contribution >= 0.6 is 24.0 Å². The quantitative estimate of drug-likeness (QED) is 0.442. The standard InChI is InChI=1S/C14H21FN4O.HI/c1-16-14(17-9-8-13(20)19(2)3)18-10-11-6-4-5-7-12(11)15;/h4-7H,8-10H2,1-3H3,(H2,16,17,18);1H. The smallest absolute Gasteiger partial charge is 0.223 e. The van der Waals surface area contributed by atoms with E-state index in [4.69, 9.17) is 0 Å². The number of rotatable bonds is 5. The van der Waals surface area contributed by atoms with Crippen LogP contribution in [-0.4, -0.2) is 44.5 Å². The molecule has 0 fully saturated rings. The van der Waals surface area contributed by atoms with Crippen LogP contribution in [0, 0.1) is 5.82 Å². The second-order valence-corrected chi connectivity index (χ2v) is 4.48. The van der Waals surface area contributed by atoms with E-state index >= 15 is 0 Å². The number of amides is 1. The molecule has 2 N–H and O–H groups in total. The van der Waals surface area contributed by atoms with Crippen LogP contribution in [-0.2, 0) is 11.3 Å². The molecule has 0 saturated heterocycles. The Morgan fingerprint density at radius 1 is 1.29 bits per heavy atom. The zero-order chi connectivity index (χ0) is 15.0. The summed E-state index contributed by atoms with van der Waals surface area (Å²) in [4.78, 5) is 17.0. The minimum absolute atomic E-state index is 0. The van der Waals surface area contributed by atoms with Crippen molar-refractivity contribution in [3.63, 3.8) is 0 Å². The maximum Gasteiger partial charge on any atom is 0.223 e. The van der Waals surface area contributed by atoms with Crippen molar-refractivity contribution in [2.24, 2.45) is 4.99 Å². The average Bonchev–Trinajstić information content (AvgIpc) is 2.43.